The number of aromatic nitrogens is 1. The number of rotatable bonds is 4. The van der Waals surface area contributed by atoms with Crippen molar-refractivity contribution in [1.29, 1.82) is 5.41 Å². The zero-order chi connectivity index (χ0) is 11.5. The number of nitrogens with two attached hydrogens (primary N) is 1. The summed E-state index contributed by atoms with van der Waals surface area (Å²) in [4.78, 5) is 5.15. The first kappa shape index (κ1) is 11.5. The molecule has 1 aromatic rings. The Balaban J connectivity index is 2.26. The van der Waals surface area contributed by atoms with Gasteiger partial charge in [-0.05, 0) is 12.8 Å². The average molecular weight is 241 g/mol. The molecule has 0 amide bonds. The first-order valence-corrected chi connectivity index (χ1v) is 5.98. The highest BCUT2D eigenvalue weighted by Crippen LogP contribution is 2.33. The molecule has 0 aromatic carbocycles. The van der Waals surface area contributed by atoms with Crippen LogP contribution in [-0.2, 0) is 16.1 Å². The van der Waals surface area contributed by atoms with E-state index >= 15 is 0 Å². The van der Waals surface area contributed by atoms with Crippen molar-refractivity contribution < 1.29 is 9.47 Å². The summed E-state index contributed by atoms with van der Waals surface area (Å²) in [7, 11) is 1.61. The molecule has 2 rings (SSSR count). The molecule has 1 aromatic heterocycles. The molecule has 3 N–H and O–H groups in total. The molecule has 1 unspecified atom stereocenters. The van der Waals surface area contributed by atoms with Crippen LogP contribution in [0.5, 0.6) is 0 Å². The maximum atomic E-state index is 7.49. The lowest BCUT2D eigenvalue weighted by atomic mass is 10.2. The Morgan fingerprint density at radius 1 is 1.75 bits per heavy atom. The lowest BCUT2D eigenvalue weighted by molar-refractivity contribution is 0.111. The third kappa shape index (κ3) is 2.23. The molecule has 1 fully saturated rings. The lowest BCUT2D eigenvalue weighted by Gasteiger charge is -2.03. The van der Waals surface area contributed by atoms with Gasteiger partial charge in [-0.2, -0.15) is 0 Å². The van der Waals surface area contributed by atoms with Crippen molar-refractivity contribution in [3.8, 4) is 0 Å². The van der Waals surface area contributed by atoms with Gasteiger partial charge in [-0.3, -0.25) is 5.41 Å². The monoisotopic (exact) mass is 241 g/mol. The van der Waals surface area contributed by atoms with Crippen molar-refractivity contribution in [1.82, 2.24) is 4.98 Å². The molecule has 0 spiro atoms. The topological polar surface area (TPSA) is 81.2 Å². The smallest absolute Gasteiger partial charge is 0.135 e. The van der Waals surface area contributed by atoms with E-state index in [0.717, 1.165) is 30.2 Å². The highest BCUT2D eigenvalue weighted by Gasteiger charge is 2.24. The molecule has 1 aliphatic rings. The molecule has 1 saturated heterocycles. The Hall–Kier alpha value is -0.980. The van der Waals surface area contributed by atoms with Crippen LogP contribution in [-0.4, -0.2) is 24.5 Å². The normalized spacial score (nSPS) is 20.2. The summed E-state index contributed by atoms with van der Waals surface area (Å²) in [6.07, 6.45) is 2.14. The fourth-order valence-electron chi connectivity index (χ4n) is 1.73. The number of nitrogen functional groups attached to an aromatic ring is 1. The SMILES string of the molecule is COCc1nc(C2CCCO2)sc1C(=N)N. The highest BCUT2D eigenvalue weighted by atomic mass is 32.1. The quantitative estimate of drug-likeness (QED) is 0.617. The minimum Gasteiger partial charge on any atom is -0.383 e. The first-order valence-electron chi connectivity index (χ1n) is 5.17. The molecule has 0 radical (unpaired) electrons. The van der Waals surface area contributed by atoms with Gasteiger partial charge in [0.15, 0.2) is 0 Å². The number of amidine groups is 1. The van der Waals surface area contributed by atoms with Crippen molar-refractivity contribution in [2.24, 2.45) is 5.73 Å². The van der Waals surface area contributed by atoms with Crippen LogP contribution in [0, 0.1) is 5.41 Å². The van der Waals surface area contributed by atoms with Crippen molar-refractivity contribution in [2.45, 2.75) is 25.6 Å². The second kappa shape index (κ2) is 4.90. The summed E-state index contributed by atoms with van der Waals surface area (Å²) in [6, 6.07) is 0. The standard InChI is InChI=1S/C10H15N3O2S/c1-14-5-6-8(9(11)12)16-10(13-6)7-3-2-4-15-7/h7H,2-5H2,1H3,(H3,11,12). The number of thiazole rings is 1. The lowest BCUT2D eigenvalue weighted by Crippen LogP contribution is -2.11. The Kier molecular flexibility index (Phi) is 3.52. The van der Waals surface area contributed by atoms with E-state index in [-0.39, 0.29) is 11.9 Å². The van der Waals surface area contributed by atoms with Crippen LogP contribution < -0.4 is 5.73 Å². The molecule has 1 atom stereocenters. The second-order valence-electron chi connectivity index (χ2n) is 3.68. The maximum absolute atomic E-state index is 7.49. The molecule has 2 heterocycles. The van der Waals surface area contributed by atoms with Gasteiger partial charge < -0.3 is 15.2 Å². The molecule has 0 aliphatic carbocycles. The molecular weight excluding hydrogens is 226 g/mol. The van der Waals surface area contributed by atoms with Crippen LogP contribution in [0.3, 0.4) is 0 Å². The van der Waals surface area contributed by atoms with Crippen LogP contribution in [0.15, 0.2) is 0 Å². The third-order valence-electron chi connectivity index (χ3n) is 2.44. The number of hydrogen-bond donors (Lipinski definition) is 2. The summed E-state index contributed by atoms with van der Waals surface area (Å²) >= 11 is 1.44. The van der Waals surface area contributed by atoms with Gasteiger partial charge in [0.05, 0.1) is 17.2 Å². The summed E-state index contributed by atoms with van der Waals surface area (Å²) < 4.78 is 10.6. The van der Waals surface area contributed by atoms with E-state index in [4.69, 9.17) is 20.6 Å². The van der Waals surface area contributed by atoms with Crippen LogP contribution in [0.1, 0.15) is 34.5 Å². The van der Waals surface area contributed by atoms with E-state index in [1.165, 1.54) is 11.3 Å². The van der Waals surface area contributed by atoms with Crippen molar-refractivity contribution in [2.75, 3.05) is 13.7 Å². The number of methoxy groups -OCH3 is 1. The fourth-order valence-corrected chi connectivity index (χ4v) is 2.74. The van der Waals surface area contributed by atoms with Gasteiger partial charge in [-0.25, -0.2) is 4.98 Å². The van der Waals surface area contributed by atoms with Gasteiger partial charge in [0, 0.05) is 13.7 Å². The van der Waals surface area contributed by atoms with E-state index in [9.17, 15) is 0 Å². The Bertz CT molecular complexity index is 385. The summed E-state index contributed by atoms with van der Waals surface area (Å²) in [5.41, 5.74) is 6.26. The minimum absolute atomic E-state index is 0.0498. The molecule has 6 heteroatoms. The van der Waals surface area contributed by atoms with E-state index < -0.39 is 0 Å². The Labute approximate surface area is 98.1 Å². The van der Waals surface area contributed by atoms with Gasteiger partial charge in [0.1, 0.15) is 16.9 Å². The van der Waals surface area contributed by atoms with Gasteiger partial charge in [-0.1, -0.05) is 0 Å². The third-order valence-corrected chi connectivity index (χ3v) is 3.67. The predicted octanol–water partition coefficient (Wildman–Crippen LogP) is 1.43. The van der Waals surface area contributed by atoms with Crippen LogP contribution >= 0.6 is 11.3 Å². The summed E-state index contributed by atoms with van der Waals surface area (Å²) in [6.45, 7) is 1.18. The zero-order valence-electron chi connectivity index (χ0n) is 9.16. The molecule has 5 nitrogen and oxygen atoms in total. The van der Waals surface area contributed by atoms with Crippen molar-refractivity contribution in [3.05, 3.63) is 15.6 Å². The summed E-state index contributed by atoms with van der Waals surface area (Å²) in [5.74, 6) is 0.0498. The molecular formula is C10H15N3O2S. The van der Waals surface area contributed by atoms with Crippen LogP contribution in [0.25, 0.3) is 0 Å². The van der Waals surface area contributed by atoms with Gasteiger partial charge in [0.2, 0.25) is 0 Å². The van der Waals surface area contributed by atoms with E-state index in [1.807, 2.05) is 0 Å². The van der Waals surface area contributed by atoms with Gasteiger partial charge in [-0.15, -0.1) is 11.3 Å². The Morgan fingerprint density at radius 2 is 2.56 bits per heavy atom. The minimum atomic E-state index is 0.0498. The number of nitrogens with one attached hydrogen (secondary N) is 1. The molecule has 0 bridgehead atoms. The predicted molar refractivity (Wildman–Crippen MR) is 61.8 cm³/mol. The van der Waals surface area contributed by atoms with Crippen LogP contribution in [0.4, 0.5) is 0 Å². The highest BCUT2D eigenvalue weighted by molar-refractivity contribution is 7.13. The first-order chi connectivity index (χ1) is 7.72. The van der Waals surface area contributed by atoms with Gasteiger partial charge >= 0.3 is 0 Å². The van der Waals surface area contributed by atoms with Crippen molar-refractivity contribution >= 4 is 17.2 Å². The van der Waals surface area contributed by atoms with E-state index in [0.29, 0.717) is 11.5 Å². The maximum Gasteiger partial charge on any atom is 0.135 e. The largest absolute Gasteiger partial charge is 0.383 e. The number of ether oxygens (including phenoxy) is 2. The van der Waals surface area contributed by atoms with Gasteiger partial charge in [0.25, 0.3) is 0 Å². The van der Waals surface area contributed by atoms with Crippen molar-refractivity contribution in [3.63, 3.8) is 0 Å². The van der Waals surface area contributed by atoms with E-state index in [1.54, 1.807) is 7.11 Å². The van der Waals surface area contributed by atoms with E-state index in [2.05, 4.69) is 4.98 Å². The second-order valence-corrected chi connectivity index (χ2v) is 4.71. The molecule has 1 aliphatic heterocycles. The molecule has 16 heavy (non-hydrogen) atoms. The molecule has 88 valence electrons. The summed E-state index contributed by atoms with van der Waals surface area (Å²) in [5, 5.41) is 8.40. The number of hydrogen-bond acceptors (Lipinski definition) is 5. The Morgan fingerprint density at radius 3 is 3.12 bits per heavy atom. The zero-order valence-corrected chi connectivity index (χ0v) is 9.97. The molecule has 0 saturated carbocycles. The van der Waals surface area contributed by atoms with Crippen LogP contribution in [0.2, 0.25) is 0 Å². The fraction of sp³-hybridized carbons (Fsp3) is 0.600. The number of nitrogens with zero attached hydrogens (tertiary/aromatic N) is 1. The average Bonchev–Trinajstić information content (AvgIpc) is 2.83.